The molecular formula is C24H30O7S. The van der Waals surface area contributed by atoms with Crippen LogP contribution in [0.15, 0.2) is 59.5 Å². The normalized spacial score (nSPS) is 27.9. The summed E-state index contributed by atoms with van der Waals surface area (Å²) in [6.45, 7) is 5.42. The standard InChI is InChI=1S/C24H30O7S/c1-16-9-11-19(12-10-16)32(26,27)15-18(13-25)20-21(28-14-17-7-5-4-6-8-17)22-23(29-20)31-24(2,3)30-22/h4-12,18,20-23,25H,13-15H2,1-3H3/t18?,20-,21+,22-,23-/m1/s1. The Hall–Kier alpha value is -1.81. The molecule has 2 saturated heterocycles. The summed E-state index contributed by atoms with van der Waals surface area (Å²) in [7, 11) is -3.64. The van der Waals surface area contributed by atoms with Crippen LogP contribution in [-0.4, -0.2) is 56.3 Å². The fraction of sp³-hybridized carbons (Fsp3) is 0.500. The van der Waals surface area contributed by atoms with E-state index in [1.807, 2.05) is 37.3 Å². The SMILES string of the molecule is Cc1ccc(S(=O)(=O)CC(CO)[C@H]2O[C@@H]3OC(C)(C)O[C@@H]3[C@H]2OCc2ccccc2)cc1. The zero-order valence-electron chi connectivity index (χ0n) is 18.5. The van der Waals surface area contributed by atoms with Gasteiger partial charge in [0.25, 0.3) is 0 Å². The van der Waals surface area contributed by atoms with E-state index in [0.29, 0.717) is 6.61 Å². The Morgan fingerprint density at radius 1 is 1.06 bits per heavy atom. The van der Waals surface area contributed by atoms with E-state index in [-0.39, 0.29) is 17.3 Å². The van der Waals surface area contributed by atoms with Crippen molar-refractivity contribution >= 4 is 9.84 Å². The van der Waals surface area contributed by atoms with Gasteiger partial charge in [0.1, 0.15) is 12.2 Å². The van der Waals surface area contributed by atoms with E-state index in [2.05, 4.69) is 0 Å². The Morgan fingerprint density at radius 2 is 1.75 bits per heavy atom. The van der Waals surface area contributed by atoms with Crippen LogP contribution in [0.5, 0.6) is 0 Å². The van der Waals surface area contributed by atoms with E-state index in [0.717, 1.165) is 11.1 Å². The monoisotopic (exact) mass is 462 g/mol. The van der Waals surface area contributed by atoms with Crippen LogP contribution in [-0.2, 0) is 35.4 Å². The van der Waals surface area contributed by atoms with Crippen molar-refractivity contribution in [2.24, 2.45) is 5.92 Å². The number of sulfone groups is 1. The Balaban J connectivity index is 1.55. The van der Waals surface area contributed by atoms with Gasteiger partial charge < -0.3 is 24.1 Å². The minimum atomic E-state index is -3.64. The van der Waals surface area contributed by atoms with Gasteiger partial charge in [0.2, 0.25) is 0 Å². The maximum Gasteiger partial charge on any atom is 0.190 e. The molecule has 0 bridgehead atoms. The molecule has 2 fully saturated rings. The molecule has 1 N–H and O–H groups in total. The maximum absolute atomic E-state index is 13.0. The number of rotatable bonds is 8. The molecule has 174 valence electrons. The highest BCUT2D eigenvalue weighted by molar-refractivity contribution is 7.91. The fourth-order valence-electron chi connectivity index (χ4n) is 4.22. The second-order valence-electron chi connectivity index (χ2n) is 8.87. The number of aliphatic hydroxyl groups is 1. The molecule has 0 aromatic heterocycles. The fourth-order valence-corrected chi connectivity index (χ4v) is 5.82. The minimum absolute atomic E-state index is 0.218. The zero-order chi connectivity index (χ0) is 22.9. The number of aryl methyl sites for hydroxylation is 1. The van der Waals surface area contributed by atoms with E-state index in [9.17, 15) is 13.5 Å². The molecule has 32 heavy (non-hydrogen) atoms. The third-order valence-electron chi connectivity index (χ3n) is 5.82. The van der Waals surface area contributed by atoms with Gasteiger partial charge in [-0.2, -0.15) is 0 Å². The van der Waals surface area contributed by atoms with Crippen molar-refractivity contribution in [1.82, 2.24) is 0 Å². The average molecular weight is 463 g/mol. The van der Waals surface area contributed by atoms with Gasteiger partial charge in [-0.1, -0.05) is 48.0 Å². The Kier molecular flexibility index (Phi) is 6.72. The molecule has 8 heteroatoms. The number of benzene rings is 2. The summed E-state index contributed by atoms with van der Waals surface area (Å²) >= 11 is 0. The van der Waals surface area contributed by atoms with Crippen LogP contribution < -0.4 is 0 Å². The molecule has 0 amide bonds. The van der Waals surface area contributed by atoms with Crippen molar-refractivity contribution in [3.63, 3.8) is 0 Å². The number of fused-ring (bicyclic) bond motifs is 1. The summed E-state index contributed by atoms with van der Waals surface area (Å²) in [6.07, 6.45) is -2.50. The molecule has 2 aromatic carbocycles. The summed E-state index contributed by atoms with van der Waals surface area (Å²) in [5.41, 5.74) is 1.95. The van der Waals surface area contributed by atoms with E-state index in [1.165, 1.54) is 0 Å². The van der Waals surface area contributed by atoms with Crippen LogP contribution in [0.2, 0.25) is 0 Å². The third kappa shape index (κ3) is 5.06. The smallest absolute Gasteiger partial charge is 0.190 e. The van der Waals surface area contributed by atoms with Crippen molar-refractivity contribution in [1.29, 1.82) is 0 Å². The third-order valence-corrected chi connectivity index (χ3v) is 7.68. The van der Waals surface area contributed by atoms with Gasteiger partial charge >= 0.3 is 0 Å². The second kappa shape index (κ2) is 9.21. The first-order valence-electron chi connectivity index (χ1n) is 10.8. The summed E-state index contributed by atoms with van der Waals surface area (Å²) in [4.78, 5) is 0.218. The minimum Gasteiger partial charge on any atom is -0.396 e. The molecule has 2 aliphatic rings. The summed E-state index contributed by atoms with van der Waals surface area (Å²) < 4.78 is 50.2. The summed E-state index contributed by atoms with van der Waals surface area (Å²) in [6, 6.07) is 16.4. The van der Waals surface area contributed by atoms with Gasteiger partial charge in [-0.15, -0.1) is 0 Å². The van der Waals surface area contributed by atoms with Crippen LogP contribution in [0.1, 0.15) is 25.0 Å². The highest BCUT2D eigenvalue weighted by Gasteiger charge is 2.57. The van der Waals surface area contributed by atoms with Crippen molar-refractivity contribution in [2.45, 2.75) is 62.7 Å². The predicted molar refractivity (Wildman–Crippen MR) is 118 cm³/mol. The van der Waals surface area contributed by atoms with Crippen LogP contribution in [0.25, 0.3) is 0 Å². The first-order chi connectivity index (χ1) is 15.2. The topological polar surface area (TPSA) is 91.3 Å². The Bertz CT molecular complexity index is 1000. The highest BCUT2D eigenvalue weighted by atomic mass is 32.2. The molecule has 2 aromatic rings. The lowest BCUT2D eigenvalue weighted by atomic mass is 9.99. The Morgan fingerprint density at radius 3 is 2.41 bits per heavy atom. The molecule has 4 rings (SSSR count). The quantitative estimate of drug-likeness (QED) is 0.645. The molecule has 1 unspecified atom stereocenters. The van der Waals surface area contributed by atoms with E-state index in [4.69, 9.17) is 18.9 Å². The van der Waals surface area contributed by atoms with Crippen molar-refractivity contribution < 1.29 is 32.5 Å². The summed E-state index contributed by atoms with van der Waals surface area (Å²) in [5.74, 6) is -1.81. The first-order valence-corrected chi connectivity index (χ1v) is 12.4. The average Bonchev–Trinajstić information content (AvgIpc) is 3.23. The lowest BCUT2D eigenvalue weighted by Gasteiger charge is -2.30. The van der Waals surface area contributed by atoms with Crippen LogP contribution >= 0.6 is 0 Å². The molecule has 2 heterocycles. The van der Waals surface area contributed by atoms with Gasteiger partial charge in [-0.3, -0.25) is 0 Å². The van der Waals surface area contributed by atoms with Gasteiger partial charge in [0, 0.05) is 12.5 Å². The molecule has 7 nitrogen and oxygen atoms in total. The molecule has 0 aliphatic carbocycles. The molecule has 0 radical (unpaired) electrons. The molecule has 2 aliphatic heterocycles. The second-order valence-corrected chi connectivity index (χ2v) is 10.9. The van der Waals surface area contributed by atoms with Gasteiger partial charge in [-0.05, 0) is 38.5 Å². The van der Waals surface area contributed by atoms with Gasteiger partial charge in [-0.25, -0.2) is 8.42 Å². The van der Waals surface area contributed by atoms with E-state index < -0.39 is 46.1 Å². The van der Waals surface area contributed by atoms with Crippen LogP contribution in [0, 0.1) is 12.8 Å². The number of hydrogen-bond acceptors (Lipinski definition) is 7. The number of aliphatic hydroxyl groups excluding tert-OH is 1. The van der Waals surface area contributed by atoms with Crippen LogP contribution in [0.3, 0.4) is 0 Å². The highest BCUT2D eigenvalue weighted by Crippen LogP contribution is 2.41. The molecule has 0 spiro atoms. The Labute approximate surface area is 189 Å². The maximum atomic E-state index is 13.0. The predicted octanol–water partition coefficient (Wildman–Crippen LogP) is 2.84. The van der Waals surface area contributed by atoms with Crippen molar-refractivity contribution in [3.05, 3.63) is 65.7 Å². The number of ether oxygens (including phenoxy) is 4. The lowest BCUT2D eigenvalue weighted by Crippen LogP contribution is -2.43. The van der Waals surface area contributed by atoms with E-state index >= 15 is 0 Å². The first kappa shape index (κ1) is 23.4. The van der Waals surface area contributed by atoms with Gasteiger partial charge in [0.05, 0.1) is 23.4 Å². The molecular weight excluding hydrogens is 432 g/mol. The van der Waals surface area contributed by atoms with Crippen LogP contribution in [0.4, 0.5) is 0 Å². The molecule has 5 atom stereocenters. The van der Waals surface area contributed by atoms with E-state index in [1.54, 1.807) is 38.1 Å². The summed E-state index contributed by atoms with van der Waals surface area (Å²) in [5, 5.41) is 10.1. The lowest BCUT2D eigenvalue weighted by molar-refractivity contribution is -0.225. The van der Waals surface area contributed by atoms with Gasteiger partial charge in [0.15, 0.2) is 21.9 Å². The zero-order valence-corrected chi connectivity index (χ0v) is 19.3. The van der Waals surface area contributed by atoms with Crippen molar-refractivity contribution in [3.8, 4) is 0 Å². The largest absolute Gasteiger partial charge is 0.396 e. The number of hydrogen-bond donors (Lipinski definition) is 1. The van der Waals surface area contributed by atoms with Crippen molar-refractivity contribution in [2.75, 3.05) is 12.4 Å². The molecule has 0 saturated carbocycles.